The van der Waals surface area contributed by atoms with Gasteiger partial charge in [0, 0.05) is 33.2 Å². The Morgan fingerprint density at radius 2 is 2.00 bits per heavy atom. The number of hydrogen-bond acceptors (Lipinski definition) is 4. The van der Waals surface area contributed by atoms with E-state index in [9.17, 15) is 17.6 Å². The summed E-state index contributed by atoms with van der Waals surface area (Å²) in [6.45, 7) is 2.18. The van der Waals surface area contributed by atoms with Crippen LogP contribution in [0, 0.1) is 5.82 Å². The van der Waals surface area contributed by atoms with E-state index in [0.29, 0.717) is 26.2 Å². The fraction of sp³-hybridized carbons (Fsp3) is 0.462. The van der Waals surface area contributed by atoms with Crippen LogP contribution in [0.5, 0.6) is 0 Å². The number of hydrogen-bond donors (Lipinski definition) is 1. The smallest absolute Gasteiger partial charge is 0.244 e. The number of halogens is 3. The zero-order valence-electron chi connectivity index (χ0n) is 12.5. The van der Waals surface area contributed by atoms with Gasteiger partial charge in [-0.2, -0.15) is 4.31 Å². The molecule has 1 fully saturated rings. The molecule has 10 heteroatoms. The first-order valence-corrected chi connectivity index (χ1v) is 8.54. The molecule has 1 aromatic carbocycles. The second-order valence-electron chi connectivity index (χ2n) is 4.97. The Morgan fingerprint density at radius 1 is 1.39 bits per heavy atom. The van der Waals surface area contributed by atoms with Gasteiger partial charge in [-0.1, -0.05) is 11.6 Å². The molecule has 1 amide bonds. The van der Waals surface area contributed by atoms with E-state index in [2.05, 4.69) is 5.32 Å². The van der Waals surface area contributed by atoms with Crippen molar-refractivity contribution >= 4 is 39.9 Å². The lowest BCUT2D eigenvalue weighted by atomic mass is 10.3. The fourth-order valence-electron chi connectivity index (χ4n) is 2.14. The van der Waals surface area contributed by atoms with E-state index in [4.69, 9.17) is 11.6 Å². The molecule has 1 N–H and O–H groups in total. The van der Waals surface area contributed by atoms with Crippen molar-refractivity contribution in [2.45, 2.75) is 4.90 Å². The van der Waals surface area contributed by atoms with E-state index < -0.39 is 15.8 Å². The fourth-order valence-corrected chi connectivity index (χ4v) is 3.76. The number of nitrogens with one attached hydrogen (secondary N) is 1. The number of rotatable bonds is 4. The first kappa shape index (κ1) is 20.1. The number of carbonyl (C=O) groups excluding carboxylic acids is 1. The van der Waals surface area contributed by atoms with Crippen LogP contribution in [0.4, 0.5) is 4.39 Å². The molecule has 130 valence electrons. The molecule has 1 aromatic rings. The summed E-state index contributed by atoms with van der Waals surface area (Å²) in [7, 11) is -2.65. The highest BCUT2D eigenvalue weighted by Gasteiger charge is 2.27. The quantitative estimate of drug-likeness (QED) is 0.837. The number of amides is 1. The van der Waals surface area contributed by atoms with Gasteiger partial charge < -0.3 is 10.2 Å². The average Bonchev–Trinajstić information content (AvgIpc) is 2.47. The average molecular weight is 386 g/mol. The van der Waals surface area contributed by atoms with Crippen LogP contribution in [0.2, 0.25) is 5.02 Å². The molecule has 0 spiro atoms. The highest BCUT2D eigenvalue weighted by molar-refractivity contribution is 7.89. The molecule has 0 atom stereocenters. The molecular formula is C13H18Cl2FN3O3S. The van der Waals surface area contributed by atoms with Crippen molar-refractivity contribution in [3.63, 3.8) is 0 Å². The van der Waals surface area contributed by atoms with Crippen LogP contribution in [0.1, 0.15) is 0 Å². The summed E-state index contributed by atoms with van der Waals surface area (Å²) in [6.07, 6.45) is 0. The molecule has 0 aromatic heterocycles. The maximum Gasteiger partial charge on any atom is 0.244 e. The van der Waals surface area contributed by atoms with E-state index in [1.807, 2.05) is 0 Å². The van der Waals surface area contributed by atoms with Crippen molar-refractivity contribution in [1.82, 2.24) is 14.5 Å². The number of carbonyl (C=O) groups is 1. The van der Waals surface area contributed by atoms with E-state index in [0.717, 1.165) is 22.5 Å². The highest BCUT2D eigenvalue weighted by Crippen LogP contribution is 2.24. The maximum atomic E-state index is 13.0. The molecule has 0 aliphatic carbocycles. The minimum Gasteiger partial charge on any atom is -0.339 e. The van der Waals surface area contributed by atoms with Crippen LogP contribution in [-0.4, -0.2) is 63.3 Å². The number of likely N-dealkylation sites (N-methyl/N-ethyl adjacent to an activating group) is 1. The van der Waals surface area contributed by atoms with Gasteiger partial charge in [0.2, 0.25) is 15.9 Å². The molecule has 6 nitrogen and oxygen atoms in total. The molecule has 23 heavy (non-hydrogen) atoms. The van der Waals surface area contributed by atoms with Gasteiger partial charge in [0.1, 0.15) is 10.7 Å². The topological polar surface area (TPSA) is 69.7 Å². The predicted octanol–water partition coefficient (Wildman–Crippen LogP) is 0.953. The summed E-state index contributed by atoms with van der Waals surface area (Å²) in [6, 6.07) is 3.05. The van der Waals surface area contributed by atoms with Gasteiger partial charge in [-0.25, -0.2) is 12.8 Å². The monoisotopic (exact) mass is 385 g/mol. The molecule has 0 unspecified atom stereocenters. The Labute approximate surface area is 146 Å². The van der Waals surface area contributed by atoms with Crippen LogP contribution in [0.15, 0.2) is 23.1 Å². The van der Waals surface area contributed by atoms with Crippen LogP contribution in [-0.2, 0) is 14.8 Å². The SMILES string of the molecule is CN(CC(=O)N1CCNCC1)S(=O)(=O)c1ccc(F)cc1Cl.Cl. The normalized spacial score (nSPS) is 15.4. The Morgan fingerprint density at radius 3 is 2.57 bits per heavy atom. The molecular weight excluding hydrogens is 368 g/mol. The van der Waals surface area contributed by atoms with Crippen molar-refractivity contribution < 1.29 is 17.6 Å². The summed E-state index contributed by atoms with van der Waals surface area (Å²) in [5.74, 6) is -0.894. The van der Waals surface area contributed by atoms with Gasteiger partial charge in [0.05, 0.1) is 11.6 Å². The second kappa shape index (κ2) is 8.25. The Kier molecular flexibility index (Phi) is 7.22. The van der Waals surface area contributed by atoms with E-state index in [1.54, 1.807) is 4.90 Å². The van der Waals surface area contributed by atoms with E-state index >= 15 is 0 Å². The molecule has 0 radical (unpaired) electrons. The van der Waals surface area contributed by atoms with E-state index in [-0.39, 0.29) is 34.8 Å². The highest BCUT2D eigenvalue weighted by atomic mass is 35.5. The Balaban J connectivity index is 0.00000264. The zero-order valence-corrected chi connectivity index (χ0v) is 14.8. The molecule has 1 aliphatic rings. The molecule has 1 saturated heterocycles. The molecule has 1 aliphatic heterocycles. The molecule has 2 rings (SSSR count). The summed E-state index contributed by atoms with van der Waals surface area (Å²) in [5, 5.41) is 2.91. The van der Waals surface area contributed by atoms with Gasteiger partial charge in [-0.3, -0.25) is 4.79 Å². The van der Waals surface area contributed by atoms with Crippen molar-refractivity contribution in [3.8, 4) is 0 Å². The molecule has 0 saturated carbocycles. The summed E-state index contributed by atoms with van der Waals surface area (Å²) in [4.78, 5) is 13.5. The van der Waals surface area contributed by atoms with Crippen LogP contribution >= 0.6 is 24.0 Å². The largest absolute Gasteiger partial charge is 0.339 e. The number of sulfonamides is 1. The lowest BCUT2D eigenvalue weighted by Gasteiger charge is -2.29. The van der Waals surface area contributed by atoms with Crippen LogP contribution < -0.4 is 5.32 Å². The molecule has 0 bridgehead atoms. The molecule has 1 heterocycles. The van der Waals surface area contributed by atoms with Crippen molar-refractivity contribution in [3.05, 3.63) is 29.0 Å². The summed E-state index contributed by atoms with van der Waals surface area (Å²) >= 11 is 5.79. The number of piperazine rings is 1. The van der Waals surface area contributed by atoms with Crippen LogP contribution in [0.25, 0.3) is 0 Å². The first-order valence-electron chi connectivity index (χ1n) is 6.72. The van der Waals surface area contributed by atoms with Gasteiger partial charge in [-0.15, -0.1) is 12.4 Å². The zero-order chi connectivity index (χ0) is 16.3. The minimum atomic E-state index is -3.95. The van der Waals surface area contributed by atoms with Gasteiger partial charge >= 0.3 is 0 Å². The van der Waals surface area contributed by atoms with E-state index in [1.165, 1.54) is 7.05 Å². The Hall–Kier alpha value is -0.930. The summed E-state index contributed by atoms with van der Waals surface area (Å²) < 4.78 is 38.8. The Bertz CT molecular complexity index is 666. The van der Waals surface area contributed by atoms with Crippen molar-refractivity contribution in [1.29, 1.82) is 0 Å². The third-order valence-electron chi connectivity index (χ3n) is 3.41. The maximum absolute atomic E-state index is 13.0. The third kappa shape index (κ3) is 4.77. The van der Waals surface area contributed by atoms with Gasteiger partial charge in [0.25, 0.3) is 0 Å². The number of benzene rings is 1. The predicted molar refractivity (Wildman–Crippen MR) is 87.9 cm³/mol. The minimum absolute atomic E-state index is 0. The van der Waals surface area contributed by atoms with Crippen molar-refractivity contribution in [2.75, 3.05) is 39.8 Å². The second-order valence-corrected chi connectivity index (χ2v) is 7.39. The number of nitrogens with zero attached hydrogens (tertiary/aromatic N) is 2. The lowest BCUT2D eigenvalue weighted by Crippen LogP contribution is -2.49. The standard InChI is InChI=1S/C13H17ClFN3O3S.ClH/c1-17(9-13(19)18-6-4-16-5-7-18)22(20,21)12-3-2-10(15)8-11(12)14;/h2-3,8,16H,4-7,9H2,1H3;1H. The van der Waals surface area contributed by atoms with Gasteiger partial charge in [0.15, 0.2) is 0 Å². The summed E-state index contributed by atoms with van der Waals surface area (Å²) in [5.41, 5.74) is 0. The van der Waals surface area contributed by atoms with Gasteiger partial charge in [-0.05, 0) is 18.2 Å². The third-order valence-corrected chi connectivity index (χ3v) is 5.70. The van der Waals surface area contributed by atoms with Crippen LogP contribution in [0.3, 0.4) is 0 Å². The lowest BCUT2D eigenvalue weighted by molar-refractivity contribution is -0.131. The first-order chi connectivity index (χ1) is 10.3. The van der Waals surface area contributed by atoms with Crippen molar-refractivity contribution in [2.24, 2.45) is 0 Å².